The molecule has 0 aliphatic carbocycles. The normalized spacial score (nSPS) is 17.5. The van der Waals surface area contributed by atoms with E-state index in [4.69, 9.17) is 0 Å². The minimum absolute atomic E-state index is 0.0605. The summed E-state index contributed by atoms with van der Waals surface area (Å²) in [4.78, 5) is 32.8. The van der Waals surface area contributed by atoms with Crippen LogP contribution in [-0.2, 0) is 16.0 Å². The van der Waals surface area contributed by atoms with Crippen LogP contribution >= 0.6 is 15.9 Å². The zero-order valence-corrected chi connectivity index (χ0v) is 21.0. The first-order valence-electron chi connectivity index (χ1n) is 11.4. The largest absolute Gasteiger partial charge is 0.505 e. The fourth-order valence-electron chi connectivity index (χ4n) is 4.70. The summed E-state index contributed by atoms with van der Waals surface area (Å²) in [5.74, 6) is -1.57. The number of rotatable bonds is 5. The van der Waals surface area contributed by atoms with Gasteiger partial charge in [-0.25, -0.2) is 4.98 Å². The van der Waals surface area contributed by atoms with Gasteiger partial charge in [0.2, 0.25) is 0 Å². The number of carbonyl (C=O) groups excluding carboxylic acids is 2. The smallest absolute Gasteiger partial charge is 0.295 e. The molecule has 176 valence electrons. The molecule has 5 rings (SSSR count). The van der Waals surface area contributed by atoms with Crippen molar-refractivity contribution < 1.29 is 14.7 Å². The van der Waals surface area contributed by atoms with Gasteiger partial charge in [-0.15, -0.1) is 0 Å². The summed E-state index contributed by atoms with van der Waals surface area (Å²) < 4.78 is 2.70. The lowest BCUT2D eigenvalue weighted by Crippen LogP contribution is -2.31. The van der Waals surface area contributed by atoms with Crippen LogP contribution < -0.4 is 0 Å². The van der Waals surface area contributed by atoms with Gasteiger partial charge in [-0.2, -0.15) is 0 Å². The van der Waals surface area contributed by atoms with E-state index in [0.29, 0.717) is 30.0 Å². The number of aryl methyl sites for hydroxylation is 2. The monoisotopic (exact) mass is 529 g/mol. The average Bonchev–Trinajstić information content (AvgIpc) is 3.33. The third-order valence-electron chi connectivity index (χ3n) is 6.50. The first kappa shape index (κ1) is 23.1. The van der Waals surface area contributed by atoms with E-state index >= 15 is 0 Å². The predicted octanol–water partition coefficient (Wildman–Crippen LogP) is 5.38. The SMILES string of the molecule is Cc1cccn2c(C)c(C(O)=C3C(=O)C(=O)N(CCc4ccccc4)C3c3cccc(Br)c3)nc12. The number of nitrogens with zero attached hydrogens (tertiary/aromatic N) is 3. The number of imidazole rings is 1. The topological polar surface area (TPSA) is 74.9 Å². The molecule has 0 saturated carbocycles. The molecule has 1 N–H and O–H groups in total. The lowest BCUT2D eigenvalue weighted by molar-refractivity contribution is -0.139. The van der Waals surface area contributed by atoms with Crippen molar-refractivity contribution in [2.24, 2.45) is 0 Å². The molecule has 35 heavy (non-hydrogen) atoms. The number of halogens is 1. The highest BCUT2D eigenvalue weighted by molar-refractivity contribution is 9.10. The first-order valence-corrected chi connectivity index (χ1v) is 12.2. The van der Waals surface area contributed by atoms with Crippen LogP contribution in [0.3, 0.4) is 0 Å². The zero-order chi connectivity index (χ0) is 24.7. The van der Waals surface area contributed by atoms with Crippen LogP contribution in [0.5, 0.6) is 0 Å². The van der Waals surface area contributed by atoms with E-state index in [2.05, 4.69) is 20.9 Å². The van der Waals surface area contributed by atoms with E-state index < -0.39 is 17.7 Å². The number of aliphatic hydroxyl groups excluding tert-OH is 1. The first-order chi connectivity index (χ1) is 16.9. The number of benzene rings is 2. The Morgan fingerprint density at radius 2 is 1.80 bits per heavy atom. The standard InChI is InChI=1S/C28H24BrN3O3/c1-17-8-7-14-31-18(2)23(30-27(17)31)25(33)22-24(20-11-6-12-21(29)16-20)32(28(35)26(22)34)15-13-19-9-4-3-5-10-19/h3-12,14,16,24,33H,13,15H2,1-2H3. The molecule has 2 aromatic carbocycles. The molecule has 1 unspecified atom stereocenters. The number of ketones is 1. The molecule has 6 nitrogen and oxygen atoms in total. The Morgan fingerprint density at radius 1 is 1.03 bits per heavy atom. The van der Waals surface area contributed by atoms with Gasteiger partial charge < -0.3 is 14.4 Å². The number of carbonyl (C=O) groups is 2. The Hall–Kier alpha value is -3.71. The summed E-state index contributed by atoms with van der Waals surface area (Å²) in [5, 5.41) is 11.5. The van der Waals surface area contributed by atoms with E-state index in [1.54, 1.807) is 4.90 Å². The Labute approximate surface area is 211 Å². The molecule has 1 amide bonds. The summed E-state index contributed by atoms with van der Waals surface area (Å²) in [6.07, 6.45) is 2.46. The maximum absolute atomic E-state index is 13.3. The van der Waals surface area contributed by atoms with E-state index in [1.165, 1.54) is 0 Å². The second-order valence-corrected chi connectivity index (χ2v) is 9.63. The van der Waals surface area contributed by atoms with Crippen LogP contribution in [-0.4, -0.2) is 37.6 Å². The number of aromatic nitrogens is 2. The number of Topliss-reactive ketones (excluding diaryl/α,β-unsaturated/α-hetero) is 1. The average molecular weight is 530 g/mol. The van der Waals surface area contributed by atoms with Crippen LogP contribution in [0.2, 0.25) is 0 Å². The molecular weight excluding hydrogens is 506 g/mol. The number of aliphatic hydroxyl groups is 1. The highest BCUT2D eigenvalue weighted by Gasteiger charge is 2.46. The Kier molecular flexibility index (Phi) is 6.03. The van der Waals surface area contributed by atoms with Crippen LogP contribution in [0, 0.1) is 13.8 Å². The van der Waals surface area contributed by atoms with Crippen molar-refractivity contribution in [2.45, 2.75) is 26.3 Å². The highest BCUT2D eigenvalue weighted by Crippen LogP contribution is 2.40. The molecule has 1 fully saturated rings. The van der Waals surface area contributed by atoms with Gasteiger partial charge in [0.25, 0.3) is 11.7 Å². The molecule has 2 aromatic heterocycles. The third kappa shape index (κ3) is 4.06. The second-order valence-electron chi connectivity index (χ2n) is 8.71. The quantitative estimate of drug-likeness (QED) is 0.214. The zero-order valence-electron chi connectivity index (χ0n) is 19.4. The summed E-state index contributed by atoms with van der Waals surface area (Å²) >= 11 is 3.50. The van der Waals surface area contributed by atoms with Crippen molar-refractivity contribution in [3.8, 4) is 0 Å². The molecule has 4 aromatic rings. The number of fused-ring (bicyclic) bond motifs is 1. The minimum Gasteiger partial charge on any atom is -0.505 e. The molecule has 0 radical (unpaired) electrons. The number of amides is 1. The maximum Gasteiger partial charge on any atom is 0.295 e. The fourth-order valence-corrected chi connectivity index (χ4v) is 5.12. The van der Waals surface area contributed by atoms with Crippen LogP contribution in [0.25, 0.3) is 11.4 Å². The van der Waals surface area contributed by atoms with Gasteiger partial charge in [-0.3, -0.25) is 9.59 Å². The second kappa shape index (κ2) is 9.15. The minimum atomic E-state index is -0.721. The predicted molar refractivity (Wildman–Crippen MR) is 138 cm³/mol. The molecule has 1 aliphatic rings. The Bertz CT molecular complexity index is 1490. The van der Waals surface area contributed by atoms with Crippen molar-refractivity contribution in [1.29, 1.82) is 0 Å². The van der Waals surface area contributed by atoms with Crippen LogP contribution in [0.1, 0.15) is 34.1 Å². The molecule has 0 bridgehead atoms. The van der Waals surface area contributed by atoms with E-state index in [0.717, 1.165) is 21.2 Å². The third-order valence-corrected chi connectivity index (χ3v) is 6.99. The van der Waals surface area contributed by atoms with Crippen molar-refractivity contribution >= 4 is 39.0 Å². The Morgan fingerprint density at radius 3 is 2.51 bits per heavy atom. The van der Waals surface area contributed by atoms with Gasteiger partial charge in [0.05, 0.1) is 17.3 Å². The van der Waals surface area contributed by atoms with E-state index in [1.807, 2.05) is 91.2 Å². The number of hydrogen-bond acceptors (Lipinski definition) is 4. The lowest BCUT2D eigenvalue weighted by atomic mass is 9.96. The highest BCUT2D eigenvalue weighted by atomic mass is 79.9. The van der Waals surface area contributed by atoms with Gasteiger partial charge in [0.1, 0.15) is 11.3 Å². The van der Waals surface area contributed by atoms with Gasteiger partial charge >= 0.3 is 0 Å². The van der Waals surface area contributed by atoms with Crippen LogP contribution in [0.4, 0.5) is 0 Å². The van der Waals surface area contributed by atoms with Gasteiger partial charge in [0, 0.05) is 17.2 Å². The van der Waals surface area contributed by atoms with Crippen molar-refractivity contribution in [3.05, 3.63) is 111 Å². The molecule has 3 heterocycles. The Balaban J connectivity index is 1.65. The fraction of sp³-hybridized carbons (Fsp3) is 0.179. The van der Waals surface area contributed by atoms with Crippen molar-refractivity contribution in [3.63, 3.8) is 0 Å². The summed E-state index contributed by atoms with van der Waals surface area (Å²) in [7, 11) is 0. The number of pyridine rings is 1. The van der Waals surface area contributed by atoms with Gasteiger partial charge in [-0.05, 0) is 55.2 Å². The molecule has 1 aliphatic heterocycles. The van der Waals surface area contributed by atoms with Gasteiger partial charge in [-0.1, -0.05) is 64.5 Å². The summed E-state index contributed by atoms with van der Waals surface area (Å²) in [6, 6.07) is 20.4. The molecule has 7 heteroatoms. The lowest BCUT2D eigenvalue weighted by Gasteiger charge is -2.25. The summed E-state index contributed by atoms with van der Waals surface area (Å²) in [5.41, 5.74) is 4.51. The molecular formula is C28H24BrN3O3. The molecule has 0 spiro atoms. The van der Waals surface area contributed by atoms with E-state index in [9.17, 15) is 14.7 Å². The van der Waals surface area contributed by atoms with Crippen molar-refractivity contribution in [2.75, 3.05) is 6.54 Å². The molecule has 1 saturated heterocycles. The number of likely N-dealkylation sites (tertiary alicyclic amines) is 1. The van der Waals surface area contributed by atoms with Gasteiger partial charge in [0.15, 0.2) is 5.76 Å². The van der Waals surface area contributed by atoms with E-state index in [-0.39, 0.29) is 11.3 Å². The molecule has 1 atom stereocenters. The number of hydrogen-bond donors (Lipinski definition) is 1. The van der Waals surface area contributed by atoms with Crippen molar-refractivity contribution in [1.82, 2.24) is 14.3 Å². The van der Waals surface area contributed by atoms with Crippen LogP contribution in [0.15, 0.2) is 83.0 Å². The maximum atomic E-state index is 13.3. The summed E-state index contributed by atoms with van der Waals surface area (Å²) in [6.45, 7) is 4.12.